The van der Waals surface area contributed by atoms with E-state index in [1.807, 2.05) is 7.05 Å². The summed E-state index contributed by atoms with van der Waals surface area (Å²) in [5.41, 5.74) is 1.12. The SMILES string of the molecule is Cc1oc(C(=O)O)cc1CN(C)C(C)C(C)(C)C. The molecule has 1 rings (SSSR count). The second-order valence-electron chi connectivity index (χ2n) is 5.95. The first-order chi connectivity index (χ1) is 8.12. The first-order valence-electron chi connectivity index (χ1n) is 6.15. The molecule has 1 aromatic heterocycles. The highest BCUT2D eigenvalue weighted by atomic mass is 16.4. The normalized spacial score (nSPS) is 13.9. The molecule has 0 bridgehead atoms. The van der Waals surface area contributed by atoms with E-state index in [1.165, 1.54) is 0 Å². The van der Waals surface area contributed by atoms with Gasteiger partial charge in [-0.15, -0.1) is 0 Å². The van der Waals surface area contributed by atoms with Crippen molar-refractivity contribution in [1.29, 1.82) is 0 Å². The average molecular weight is 253 g/mol. The predicted octanol–water partition coefficient (Wildman–Crippen LogP) is 3.15. The smallest absolute Gasteiger partial charge is 0.371 e. The van der Waals surface area contributed by atoms with Gasteiger partial charge in [0.1, 0.15) is 5.76 Å². The van der Waals surface area contributed by atoms with E-state index >= 15 is 0 Å². The van der Waals surface area contributed by atoms with Crippen molar-refractivity contribution >= 4 is 5.97 Å². The predicted molar refractivity (Wildman–Crippen MR) is 70.8 cm³/mol. The van der Waals surface area contributed by atoms with Gasteiger partial charge in [-0.3, -0.25) is 4.90 Å². The van der Waals surface area contributed by atoms with Crippen LogP contribution >= 0.6 is 0 Å². The van der Waals surface area contributed by atoms with Crippen LogP contribution in [0.1, 0.15) is 49.6 Å². The fourth-order valence-corrected chi connectivity index (χ4v) is 1.85. The molecule has 102 valence electrons. The monoisotopic (exact) mass is 253 g/mol. The van der Waals surface area contributed by atoms with Gasteiger partial charge in [0.2, 0.25) is 5.76 Å². The number of nitrogens with zero attached hydrogens (tertiary/aromatic N) is 1. The van der Waals surface area contributed by atoms with Crippen LogP contribution in [0.5, 0.6) is 0 Å². The van der Waals surface area contributed by atoms with Gasteiger partial charge in [-0.05, 0) is 32.4 Å². The highest BCUT2D eigenvalue weighted by molar-refractivity contribution is 5.84. The third-order valence-corrected chi connectivity index (χ3v) is 3.57. The van der Waals surface area contributed by atoms with Crippen LogP contribution in [0.15, 0.2) is 10.5 Å². The Hall–Kier alpha value is -1.29. The van der Waals surface area contributed by atoms with Gasteiger partial charge in [0.25, 0.3) is 0 Å². The van der Waals surface area contributed by atoms with Crippen molar-refractivity contribution in [2.75, 3.05) is 7.05 Å². The molecule has 0 radical (unpaired) electrons. The van der Waals surface area contributed by atoms with E-state index in [2.05, 4.69) is 32.6 Å². The van der Waals surface area contributed by atoms with Crippen LogP contribution in [0.3, 0.4) is 0 Å². The Kier molecular flexibility index (Phi) is 4.22. The third-order valence-electron chi connectivity index (χ3n) is 3.57. The molecule has 4 nitrogen and oxygen atoms in total. The molecular weight excluding hydrogens is 230 g/mol. The lowest BCUT2D eigenvalue weighted by Crippen LogP contribution is -2.38. The minimum Gasteiger partial charge on any atom is -0.475 e. The van der Waals surface area contributed by atoms with Gasteiger partial charge < -0.3 is 9.52 Å². The van der Waals surface area contributed by atoms with E-state index < -0.39 is 5.97 Å². The molecule has 0 aliphatic carbocycles. The van der Waals surface area contributed by atoms with Crippen molar-refractivity contribution in [3.63, 3.8) is 0 Å². The van der Waals surface area contributed by atoms with Crippen molar-refractivity contribution in [3.8, 4) is 0 Å². The number of carboxylic acid groups (broad SMARTS) is 1. The van der Waals surface area contributed by atoms with Crippen molar-refractivity contribution in [3.05, 3.63) is 23.2 Å². The Morgan fingerprint density at radius 1 is 1.50 bits per heavy atom. The Morgan fingerprint density at radius 3 is 2.44 bits per heavy atom. The minimum atomic E-state index is -1.02. The fraction of sp³-hybridized carbons (Fsp3) is 0.643. The summed E-state index contributed by atoms with van der Waals surface area (Å²) in [6.07, 6.45) is 0. The first kappa shape index (κ1) is 14.8. The maximum absolute atomic E-state index is 10.8. The van der Waals surface area contributed by atoms with Crippen LogP contribution < -0.4 is 0 Å². The molecule has 0 spiro atoms. The maximum atomic E-state index is 10.8. The van der Waals surface area contributed by atoms with Gasteiger partial charge in [0.05, 0.1) is 0 Å². The standard InChI is InChI=1S/C14H23NO3/c1-9-11(7-12(18-9)13(16)17)8-15(6)10(2)14(3,4)5/h7,10H,8H2,1-6H3,(H,16,17). The lowest BCUT2D eigenvalue weighted by molar-refractivity contribution is 0.0661. The number of furan rings is 1. The van der Waals surface area contributed by atoms with E-state index in [4.69, 9.17) is 9.52 Å². The summed E-state index contributed by atoms with van der Waals surface area (Å²) >= 11 is 0. The summed E-state index contributed by atoms with van der Waals surface area (Å²) < 4.78 is 5.22. The van der Waals surface area contributed by atoms with Crippen molar-refractivity contribution in [1.82, 2.24) is 4.90 Å². The van der Waals surface area contributed by atoms with Crippen molar-refractivity contribution in [2.24, 2.45) is 5.41 Å². The zero-order valence-electron chi connectivity index (χ0n) is 12.1. The van der Waals surface area contributed by atoms with Crippen LogP contribution in [0.4, 0.5) is 0 Å². The number of rotatable bonds is 4. The zero-order valence-corrected chi connectivity index (χ0v) is 12.1. The van der Waals surface area contributed by atoms with Gasteiger partial charge in [0, 0.05) is 18.2 Å². The Bertz CT molecular complexity index is 429. The molecule has 1 unspecified atom stereocenters. The molecule has 18 heavy (non-hydrogen) atoms. The van der Waals surface area contributed by atoms with Gasteiger partial charge >= 0.3 is 5.97 Å². The van der Waals surface area contributed by atoms with Crippen LogP contribution in [0.25, 0.3) is 0 Å². The zero-order chi connectivity index (χ0) is 14.1. The molecule has 1 N–H and O–H groups in total. The van der Waals surface area contributed by atoms with E-state index in [0.29, 0.717) is 18.3 Å². The summed E-state index contributed by atoms with van der Waals surface area (Å²) in [5.74, 6) is -0.324. The van der Waals surface area contributed by atoms with Gasteiger partial charge in [-0.2, -0.15) is 0 Å². The summed E-state index contributed by atoms with van der Waals surface area (Å²) in [4.78, 5) is 13.0. The Labute approximate surface area is 109 Å². The number of carboxylic acids is 1. The topological polar surface area (TPSA) is 53.7 Å². The molecule has 1 aromatic rings. The summed E-state index contributed by atoms with van der Waals surface area (Å²) in [5, 5.41) is 8.89. The highest BCUT2D eigenvalue weighted by Gasteiger charge is 2.25. The van der Waals surface area contributed by atoms with Crippen LogP contribution in [0, 0.1) is 12.3 Å². The van der Waals surface area contributed by atoms with Crippen LogP contribution in [-0.4, -0.2) is 29.1 Å². The Balaban J connectivity index is 2.82. The van der Waals surface area contributed by atoms with E-state index in [0.717, 1.165) is 5.56 Å². The molecule has 0 aliphatic rings. The second-order valence-corrected chi connectivity index (χ2v) is 5.95. The molecular formula is C14H23NO3. The largest absolute Gasteiger partial charge is 0.475 e. The van der Waals surface area contributed by atoms with Gasteiger partial charge in [-0.25, -0.2) is 4.79 Å². The summed E-state index contributed by atoms with van der Waals surface area (Å²) in [6.45, 7) is 11.3. The maximum Gasteiger partial charge on any atom is 0.371 e. The minimum absolute atomic E-state index is 0.0133. The van der Waals surface area contributed by atoms with Gasteiger partial charge in [0.15, 0.2) is 0 Å². The second kappa shape index (κ2) is 5.14. The molecule has 4 heteroatoms. The molecule has 0 aliphatic heterocycles. The van der Waals surface area contributed by atoms with E-state index in [9.17, 15) is 4.79 Å². The molecule has 0 amide bonds. The number of carbonyl (C=O) groups is 1. The fourth-order valence-electron chi connectivity index (χ4n) is 1.85. The molecule has 0 saturated carbocycles. The molecule has 0 fully saturated rings. The summed E-state index contributed by atoms with van der Waals surface area (Å²) in [6, 6.07) is 2.00. The summed E-state index contributed by atoms with van der Waals surface area (Å²) in [7, 11) is 2.04. The molecule has 0 saturated heterocycles. The van der Waals surface area contributed by atoms with Crippen LogP contribution in [-0.2, 0) is 6.54 Å². The van der Waals surface area contributed by atoms with Gasteiger partial charge in [-0.1, -0.05) is 20.8 Å². The number of aromatic carboxylic acids is 1. The molecule has 1 atom stereocenters. The molecule has 0 aromatic carbocycles. The average Bonchev–Trinajstić information content (AvgIpc) is 2.58. The van der Waals surface area contributed by atoms with E-state index in [-0.39, 0.29) is 11.2 Å². The van der Waals surface area contributed by atoms with E-state index in [1.54, 1.807) is 13.0 Å². The number of aryl methyl sites for hydroxylation is 1. The third kappa shape index (κ3) is 3.35. The number of hydrogen-bond donors (Lipinski definition) is 1. The first-order valence-corrected chi connectivity index (χ1v) is 6.15. The van der Waals surface area contributed by atoms with Crippen LogP contribution in [0.2, 0.25) is 0 Å². The van der Waals surface area contributed by atoms with Crippen molar-refractivity contribution < 1.29 is 14.3 Å². The lowest BCUT2D eigenvalue weighted by atomic mass is 9.87. The number of hydrogen-bond acceptors (Lipinski definition) is 3. The molecule has 1 heterocycles. The highest BCUT2D eigenvalue weighted by Crippen LogP contribution is 2.25. The Morgan fingerprint density at radius 2 is 2.06 bits per heavy atom. The van der Waals surface area contributed by atoms with Crippen molar-refractivity contribution in [2.45, 2.75) is 47.2 Å². The quantitative estimate of drug-likeness (QED) is 0.895. The lowest BCUT2D eigenvalue weighted by Gasteiger charge is -2.35.